The van der Waals surface area contributed by atoms with Crippen LogP contribution in [0.1, 0.15) is 16.7 Å². The number of nitrogens with zero attached hydrogens (tertiary/aromatic N) is 5. The van der Waals surface area contributed by atoms with E-state index in [2.05, 4.69) is 16.1 Å². The Kier molecular flexibility index (Phi) is 4.40. The van der Waals surface area contributed by atoms with Gasteiger partial charge in [-0.05, 0) is 41.9 Å². The van der Waals surface area contributed by atoms with Gasteiger partial charge >= 0.3 is 0 Å². The number of hydrogen-bond acceptors (Lipinski definition) is 4. The fourth-order valence-electron chi connectivity index (χ4n) is 1.71. The summed E-state index contributed by atoms with van der Waals surface area (Å²) in [7, 11) is 0. The Morgan fingerprint density at radius 2 is 1.86 bits per heavy atom. The molecule has 0 heterocycles. The Bertz CT molecular complexity index is 777. The summed E-state index contributed by atoms with van der Waals surface area (Å²) < 4.78 is 5.57. The molecule has 21 heavy (non-hydrogen) atoms. The molecule has 0 aliphatic carbocycles. The Labute approximate surface area is 121 Å². The number of ether oxygens (including phenoxy) is 1. The standard InChI is InChI=1S/C15H9N5O/c16-8-11-1-5-15(6-2-11)21-10-13-7-14(19-20-18)4-3-12(13)9-17/h1-7H,10H2. The van der Waals surface area contributed by atoms with E-state index in [1.54, 1.807) is 42.5 Å². The Hall–Kier alpha value is -3.47. The van der Waals surface area contributed by atoms with Gasteiger partial charge in [-0.3, -0.25) is 0 Å². The highest BCUT2D eigenvalue weighted by Crippen LogP contribution is 2.20. The fourth-order valence-corrected chi connectivity index (χ4v) is 1.71. The van der Waals surface area contributed by atoms with Crippen LogP contribution in [0.4, 0.5) is 5.69 Å². The maximum absolute atomic E-state index is 9.06. The van der Waals surface area contributed by atoms with Crippen molar-refractivity contribution in [1.82, 2.24) is 0 Å². The van der Waals surface area contributed by atoms with Gasteiger partial charge < -0.3 is 4.74 Å². The summed E-state index contributed by atoms with van der Waals surface area (Å²) in [6.45, 7) is 0.170. The molecule has 6 nitrogen and oxygen atoms in total. The third-order valence-corrected chi connectivity index (χ3v) is 2.75. The molecule has 0 bridgehead atoms. The molecular weight excluding hydrogens is 266 g/mol. The van der Waals surface area contributed by atoms with Crippen LogP contribution in [0.2, 0.25) is 0 Å². The molecule has 2 rings (SSSR count). The van der Waals surface area contributed by atoms with Crippen molar-refractivity contribution in [3.8, 4) is 17.9 Å². The van der Waals surface area contributed by atoms with Crippen LogP contribution >= 0.6 is 0 Å². The van der Waals surface area contributed by atoms with E-state index in [9.17, 15) is 0 Å². The van der Waals surface area contributed by atoms with Gasteiger partial charge in [0.2, 0.25) is 0 Å². The second-order valence-corrected chi connectivity index (χ2v) is 4.07. The van der Waals surface area contributed by atoms with E-state index < -0.39 is 0 Å². The third kappa shape index (κ3) is 3.51. The molecule has 0 saturated carbocycles. The minimum atomic E-state index is 0.170. The molecule has 0 saturated heterocycles. The first kappa shape index (κ1) is 14.0. The molecule has 0 aromatic heterocycles. The van der Waals surface area contributed by atoms with Gasteiger partial charge in [-0.1, -0.05) is 11.2 Å². The highest BCUT2D eigenvalue weighted by atomic mass is 16.5. The summed E-state index contributed by atoms with van der Waals surface area (Å²) in [5.74, 6) is 0.590. The topological polar surface area (TPSA) is 106 Å². The first-order valence-electron chi connectivity index (χ1n) is 5.98. The molecule has 0 aliphatic heterocycles. The molecule has 0 radical (unpaired) electrons. The lowest BCUT2D eigenvalue weighted by Crippen LogP contribution is -1.98. The lowest BCUT2D eigenvalue weighted by atomic mass is 10.1. The van der Waals surface area contributed by atoms with E-state index in [-0.39, 0.29) is 6.61 Å². The van der Waals surface area contributed by atoms with Gasteiger partial charge in [0.25, 0.3) is 0 Å². The van der Waals surface area contributed by atoms with Gasteiger partial charge in [0.15, 0.2) is 0 Å². The van der Waals surface area contributed by atoms with Gasteiger partial charge in [0.1, 0.15) is 12.4 Å². The van der Waals surface area contributed by atoms with Gasteiger partial charge in [0, 0.05) is 16.2 Å². The van der Waals surface area contributed by atoms with Crippen molar-refractivity contribution in [3.05, 3.63) is 69.6 Å². The molecule has 0 N–H and O–H groups in total. The van der Waals surface area contributed by atoms with Crippen LogP contribution in [0.3, 0.4) is 0 Å². The van der Waals surface area contributed by atoms with Crippen molar-refractivity contribution >= 4 is 5.69 Å². The second-order valence-electron chi connectivity index (χ2n) is 4.07. The Balaban J connectivity index is 2.18. The molecular formula is C15H9N5O. The minimum absolute atomic E-state index is 0.170. The smallest absolute Gasteiger partial charge is 0.119 e. The predicted octanol–water partition coefficient (Wildman–Crippen LogP) is 3.95. The van der Waals surface area contributed by atoms with Crippen LogP contribution in [-0.2, 0) is 6.61 Å². The fraction of sp³-hybridized carbons (Fsp3) is 0.0667. The van der Waals surface area contributed by atoms with Crippen LogP contribution in [0.25, 0.3) is 10.4 Å². The zero-order chi connectivity index (χ0) is 15.1. The average Bonchev–Trinajstić information content (AvgIpc) is 2.54. The molecule has 0 aliphatic rings. The van der Waals surface area contributed by atoms with E-state index in [0.717, 1.165) is 0 Å². The third-order valence-electron chi connectivity index (χ3n) is 2.75. The molecule has 0 fully saturated rings. The number of nitriles is 2. The summed E-state index contributed by atoms with van der Waals surface area (Å²) in [4.78, 5) is 2.71. The first-order valence-corrected chi connectivity index (χ1v) is 5.98. The number of hydrogen-bond donors (Lipinski definition) is 0. The molecule has 0 spiro atoms. The maximum Gasteiger partial charge on any atom is 0.119 e. The van der Waals surface area contributed by atoms with E-state index >= 15 is 0 Å². The van der Waals surface area contributed by atoms with E-state index in [4.69, 9.17) is 20.8 Å². The Morgan fingerprint density at radius 3 is 2.48 bits per heavy atom. The van der Waals surface area contributed by atoms with Crippen LogP contribution < -0.4 is 4.74 Å². The largest absolute Gasteiger partial charge is 0.489 e. The van der Waals surface area contributed by atoms with Gasteiger partial charge in [-0.15, -0.1) is 0 Å². The SMILES string of the molecule is N#Cc1ccc(OCc2cc(N=[N+]=[N-])ccc2C#N)cc1. The van der Waals surface area contributed by atoms with Crippen molar-refractivity contribution in [2.24, 2.45) is 5.11 Å². The van der Waals surface area contributed by atoms with Crippen molar-refractivity contribution < 1.29 is 4.74 Å². The van der Waals surface area contributed by atoms with E-state index in [1.165, 1.54) is 0 Å². The molecule has 6 heteroatoms. The van der Waals surface area contributed by atoms with Crippen molar-refractivity contribution in [2.45, 2.75) is 6.61 Å². The van der Waals surface area contributed by atoms with Crippen LogP contribution in [0, 0.1) is 22.7 Å². The van der Waals surface area contributed by atoms with Crippen molar-refractivity contribution in [3.63, 3.8) is 0 Å². The van der Waals surface area contributed by atoms with E-state index in [0.29, 0.717) is 28.1 Å². The maximum atomic E-state index is 9.06. The summed E-state index contributed by atoms with van der Waals surface area (Å²) in [6.07, 6.45) is 0. The van der Waals surface area contributed by atoms with E-state index in [1.807, 2.05) is 6.07 Å². The second kappa shape index (κ2) is 6.63. The summed E-state index contributed by atoms with van der Waals surface area (Å²) in [5.41, 5.74) is 10.5. The van der Waals surface area contributed by atoms with Crippen LogP contribution in [0.5, 0.6) is 5.75 Å². The summed E-state index contributed by atoms with van der Waals surface area (Å²) >= 11 is 0. The zero-order valence-corrected chi connectivity index (χ0v) is 10.9. The zero-order valence-electron chi connectivity index (χ0n) is 10.9. The number of benzene rings is 2. The first-order chi connectivity index (χ1) is 10.3. The molecule has 0 atom stereocenters. The highest BCUT2D eigenvalue weighted by Gasteiger charge is 2.04. The molecule has 0 amide bonds. The monoisotopic (exact) mass is 275 g/mol. The molecule has 2 aromatic carbocycles. The minimum Gasteiger partial charge on any atom is -0.489 e. The highest BCUT2D eigenvalue weighted by molar-refractivity contribution is 5.48. The molecule has 0 unspecified atom stereocenters. The Morgan fingerprint density at radius 1 is 1.10 bits per heavy atom. The number of rotatable bonds is 4. The number of azide groups is 1. The predicted molar refractivity (Wildman–Crippen MR) is 75.5 cm³/mol. The van der Waals surface area contributed by atoms with Gasteiger partial charge in [-0.25, -0.2) is 0 Å². The normalized spacial score (nSPS) is 9.05. The van der Waals surface area contributed by atoms with Gasteiger partial charge in [0.05, 0.1) is 23.3 Å². The molecule has 2 aromatic rings. The average molecular weight is 275 g/mol. The molecule has 100 valence electrons. The van der Waals surface area contributed by atoms with Crippen LogP contribution in [0.15, 0.2) is 47.6 Å². The lowest BCUT2D eigenvalue weighted by Gasteiger charge is -2.08. The summed E-state index contributed by atoms with van der Waals surface area (Å²) in [6, 6.07) is 15.5. The summed E-state index contributed by atoms with van der Waals surface area (Å²) in [5, 5.41) is 21.3. The quantitative estimate of drug-likeness (QED) is 0.479. The van der Waals surface area contributed by atoms with Crippen molar-refractivity contribution in [1.29, 1.82) is 10.5 Å². The van der Waals surface area contributed by atoms with Gasteiger partial charge in [-0.2, -0.15) is 10.5 Å². The lowest BCUT2D eigenvalue weighted by molar-refractivity contribution is 0.306. The van der Waals surface area contributed by atoms with Crippen LogP contribution in [-0.4, -0.2) is 0 Å². The van der Waals surface area contributed by atoms with Crippen molar-refractivity contribution in [2.75, 3.05) is 0 Å².